The number of aryl methyl sites for hydroxylation is 2. The normalized spacial score (nSPS) is 15.7. The highest BCUT2D eigenvalue weighted by Crippen LogP contribution is 2.26. The third-order valence-electron chi connectivity index (χ3n) is 3.02. The van der Waals surface area contributed by atoms with Gasteiger partial charge in [-0.15, -0.1) is 0 Å². The van der Waals surface area contributed by atoms with E-state index in [0.717, 1.165) is 23.7 Å². The van der Waals surface area contributed by atoms with Crippen molar-refractivity contribution in [3.8, 4) is 0 Å². The Kier molecular flexibility index (Phi) is 1.54. The maximum absolute atomic E-state index is 11.6. The summed E-state index contributed by atoms with van der Waals surface area (Å²) in [4.78, 5) is 17.7. The van der Waals surface area contributed by atoms with Gasteiger partial charge in [-0.3, -0.25) is 4.79 Å². The van der Waals surface area contributed by atoms with Crippen molar-refractivity contribution in [2.24, 2.45) is 0 Å². The van der Waals surface area contributed by atoms with Crippen LogP contribution in [0.25, 0.3) is 10.9 Å². The van der Waals surface area contributed by atoms with Crippen LogP contribution >= 0.6 is 0 Å². The monoisotopic (exact) mass is 188 g/mol. The second kappa shape index (κ2) is 2.74. The lowest BCUT2D eigenvalue weighted by Gasteiger charge is -2.09. The van der Waals surface area contributed by atoms with Gasteiger partial charge < -0.3 is 9.97 Å². The summed E-state index contributed by atoms with van der Waals surface area (Å²) in [5, 5.41) is 0.877. The molecule has 2 heterocycles. The van der Waals surface area contributed by atoms with Gasteiger partial charge in [0, 0.05) is 11.9 Å². The molecule has 2 aromatic heterocycles. The van der Waals surface area contributed by atoms with E-state index < -0.39 is 0 Å². The van der Waals surface area contributed by atoms with Gasteiger partial charge in [0.2, 0.25) is 0 Å². The summed E-state index contributed by atoms with van der Waals surface area (Å²) in [5.74, 6) is 0. The van der Waals surface area contributed by atoms with E-state index in [2.05, 4.69) is 9.97 Å². The zero-order chi connectivity index (χ0) is 9.54. The minimum Gasteiger partial charge on any atom is -0.358 e. The molecule has 2 aromatic rings. The number of hydrogen-bond acceptors (Lipinski definition) is 1. The molecule has 0 aromatic carbocycles. The first kappa shape index (κ1) is 7.85. The second-order valence-corrected chi connectivity index (χ2v) is 3.88. The predicted octanol–water partition coefficient (Wildman–Crippen LogP) is 1.74. The smallest absolute Gasteiger partial charge is 0.257 e. The molecule has 72 valence electrons. The summed E-state index contributed by atoms with van der Waals surface area (Å²) in [7, 11) is 0. The minimum atomic E-state index is 0.0434. The van der Waals surface area contributed by atoms with Crippen molar-refractivity contribution in [3.05, 3.63) is 33.9 Å². The van der Waals surface area contributed by atoms with E-state index in [-0.39, 0.29) is 5.56 Å². The Morgan fingerprint density at radius 1 is 1.21 bits per heavy atom. The Bertz CT molecular complexity index is 536. The summed E-state index contributed by atoms with van der Waals surface area (Å²) in [6.07, 6.45) is 6.27. The fraction of sp³-hybridized carbons (Fsp3) is 0.364. The zero-order valence-electron chi connectivity index (χ0n) is 7.89. The summed E-state index contributed by atoms with van der Waals surface area (Å²) >= 11 is 0. The topological polar surface area (TPSA) is 48.6 Å². The number of aromatic amines is 2. The Labute approximate surface area is 81.2 Å². The SMILES string of the molecule is O=c1[nH]ccc2[nH]c3c(c12)CCCC3. The Morgan fingerprint density at radius 3 is 3.00 bits per heavy atom. The average Bonchev–Trinajstić information content (AvgIpc) is 2.57. The Morgan fingerprint density at radius 2 is 2.07 bits per heavy atom. The van der Waals surface area contributed by atoms with Crippen LogP contribution < -0.4 is 5.56 Å². The molecule has 0 bridgehead atoms. The van der Waals surface area contributed by atoms with E-state index in [4.69, 9.17) is 0 Å². The fourth-order valence-electron chi connectivity index (χ4n) is 2.36. The minimum absolute atomic E-state index is 0.0434. The number of rotatable bonds is 0. The number of hydrogen-bond donors (Lipinski definition) is 2. The quantitative estimate of drug-likeness (QED) is 0.650. The largest absolute Gasteiger partial charge is 0.358 e. The van der Waals surface area contributed by atoms with Crippen LogP contribution in [-0.2, 0) is 12.8 Å². The van der Waals surface area contributed by atoms with Gasteiger partial charge in [0.25, 0.3) is 5.56 Å². The van der Waals surface area contributed by atoms with Gasteiger partial charge in [0.1, 0.15) is 0 Å². The number of aromatic nitrogens is 2. The highest BCUT2D eigenvalue weighted by molar-refractivity contribution is 5.83. The van der Waals surface area contributed by atoms with Crippen molar-refractivity contribution in [1.29, 1.82) is 0 Å². The summed E-state index contributed by atoms with van der Waals surface area (Å²) in [6, 6.07) is 1.94. The van der Waals surface area contributed by atoms with Crippen LogP contribution in [0.3, 0.4) is 0 Å². The molecule has 0 saturated heterocycles. The molecule has 0 spiro atoms. The molecule has 3 nitrogen and oxygen atoms in total. The number of pyridine rings is 1. The molecule has 1 aliphatic rings. The van der Waals surface area contributed by atoms with Crippen molar-refractivity contribution >= 4 is 10.9 Å². The molecular formula is C11H12N2O. The molecule has 3 heteroatoms. The Balaban J connectivity index is 2.44. The van der Waals surface area contributed by atoms with Crippen LogP contribution in [0.4, 0.5) is 0 Å². The van der Waals surface area contributed by atoms with E-state index in [1.165, 1.54) is 24.1 Å². The van der Waals surface area contributed by atoms with Crippen molar-refractivity contribution < 1.29 is 0 Å². The lowest BCUT2D eigenvalue weighted by atomic mass is 9.96. The molecular weight excluding hydrogens is 176 g/mol. The molecule has 2 N–H and O–H groups in total. The fourth-order valence-corrected chi connectivity index (χ4v) is 2.36. The molecule has 1 aliphatic carbocycles. The van der Waals surface area contributed by atoms with Crippen LogP contribution in [0.2, 0.25) is 0 Å². The van der Waals surface area contributed by atoms with Gasteiger partial charge in [-0.1, -0.05) is 0 Å². The van der Waals surface area contributed by atoms with Crippen LogP contribution in [0, 0.1) is 0 Å². The molecule has 3 rings (SSSR count). The summed E-state index contributed by atoms with van der Waals surface area (Å²) < 4.78 is 0. The third kappa shape index (κ3) is 0.953. The molecule has 0 atom stereocenters. The molecule has 0 saturated carbocycles. The molecule has 0 unspecified atom stereocenters. The standard InChI is InChI=1S/C11H12N2O/c14-11-10-7-3-1-2-4-8(7)13-9(10)5-6-12-11/h5-6,13H,1-4H2,(H,12,14). The first-order chi connectivity index (χ1) is 6.86. The Hall–Kier alpha value is -1.51. The third-order valence-corrected chi connectivity index (χ3v) is 3.02. The molecule has 0 amide bonds. The van der Waals surface area contributed by atoms with Crippen molar-refractivity contribution in [3.63, 3.8) is 0 Å². The van der Waals surface area contributed by atoms with Crippen LogP contribution in [0.15, 0.2) is 17.1 Å². The van der Waals surface area contributed by atoms with Gasteiger partial charge >= 0.3 is 0 Å². The number of fused-ring (bicyclic) bond motifs is 3. The number of nitrogens with one attached hydrogen (secondary N) is 2. The molecule has 0 aliphatic heterocycles. The van der Waals surface area contributed by atoms with Crippen molar-refractivity contribution in [2.75, 3.05) is 0 Å². The van der Waals surface area contributed by atoms with E-state index >= 15 is 0 Å². The molecule has 0 fully saturated rings. The van der Waals surface area contributed by atoms with Gasteiger partial charge in [-0.25, -0.2) is 0 Å². The summed E-state index contributed by atoms with van der Waals surface area (Å²) in [5.41, 5.74) is 3.54. The van der Waals surface area contributed by atoms with Gasteiger partial charge in [0.05, 0.1) is 10.9 Å². The van der Waals surface area contributed by atoms with Gasteiger partial charge in [0.15, 0.2) is 0 Å². The van der Waals surface area contributed by atoms with Gasteiger partial charge in [-0.05, 0) is 37.3 Å². The lowest BCUT2D eigenvalue weighted by molar-refractivity contribution is 0.679. The molecule has 0 radical (unpaired) electrons. The first-order valence-corrected chi connectivity index (χ1v) is 5.07. The zero-order valence-corrected chi connectivity index (χ0v) is 7.89. The molecule has 14 heavy (non-hydrogen) atoms. The highest BCUT2D eigenvalue weighted by atomic mass is 16.1. The average molecular weight is 188 g/mol. The lowest BCUT2D eigenvalue weighted by Crippen LogP contribution is -2.07. The van der Waals surface area contributed by atoms with E-state index in [1.807, 2.05) is 6.07 Å². The van der Waals surface area contributed by atoms with Crippen LogP contribution in [0.1, 0.15) is 24.1 Å². The van der Waals surface area contributed by atoms with E-state index in [0.29, 0.717) is 0 Å². The van der Waals surface area contributed by atoms with E-state index in [1.54, 1.807) is 6.20 Å². The van der Waals surface area contributed by atoms with Crippen LogP contribution in [0.5, 0.6) is 0 Å². The predicted molar refractivity (Wildman–Crippen MR) is 55.6 cm³/mol. The maximum atomic E-state index is 11.6. The second-order valence-electron chi connectivity index (χ2n) is 3.88. The van der Waals surface area contributed by atoms with Crippen molar-refractivity contribution in [2.45, 2.75) is 25.7 Å². The maximum Gasteiger partial charge on any atom is 0.257 e. The van der Waals surface area contributed by atoms with Gasteiger partial charge in [-0.2, -0.15) is 0 Å². The first-order valence-electron chi connectivity index (χ1n) is 5.07. The van der Waals surface area contributed by atoms with Crippen molar-refractivity contribution in [1.82, 2.24) is 9.97 Å². The number of H-pyrrole nitrogens is 2. The van der Waals surface area contributed by atoms with E-state index in [9.17, 15) is 4.79 Å². The van der Waals surface area contributed by atoms with Crippen LogP contribution in [-0.4, -0.2) is 9.97 Å². The highest BCUT2D eigenvalue weighted by Gasteiger charge is 2.16. The summed E-state index contributed by atoms with van der Waals surface area (Å²) in [6.45, 7) is 0.